The van der Waals surface area contributed by atoms with Crippen LogP contribution in [0.25, 0.3) is 0 Å². The molecule has 2 heteroatoms. The Labute approximate surface area is 121 Å². The summed E-state index contributed by atoms with van der Waals surface area (Å²) in [5.41, 5.74) is 1.10. The van der Waals surface area contributed by atoms with Gasteiger partial charge in [-0.2, -0.15) is 5.26 Å². The minimum atomic E-state index is -0.141. The number of hydrogen-bond acceptors (Lipinski definition) is 1. The van der Waals surface area contributed by atoms with E-state index in [-0.39, 0.29) is 5.41 Å². The predicted octanol–water partition coefficient (Wildman–Crippen LogP) is 5.38. The van der Waals surface area contributed by atoms with Gasteiger partial charge >= 0.3 is 0 Å². The first kappa shape index (κ1) is 14.4. The first-order valence-corrected chi connectivity index (χ1v) is 7.71. The molecule has 102 valence electrons. The molecular weight excluding hydrogens is 254 g/mol. The van der Waals surface area contributed by atoms with Crippen LogP contribution in [0.2, 0.25) is 5.02 Å². The molecule has 1 nitrogen and oxygen atoms in total. The van der Waals surface area contributed by atoms with Gasteiger partial charge in [0.25, 0.3) is 0 Å². The molecule has 0 bridgehead atoms. The Morgan fingerprint density at radius 1 is 1.26 bits per heavy atom. The number of nitriles is 1. The maximum absolute atomic E-state index is 9.60. The van der Waals surface area contributed by atoms with Gasteiger partial charge in [0, 0.05) is 5.02 Å². The van der Waals surface area contributed by atoms with Crippen molar-refractivity contribution in [3.63, 3.8) is 0 Å². The van der Waals surface area contributed by atoms with E-state index < -0.39 is 0 Å². The van der Waals surface area contributed by atoms with E-state index in [9.17, 15) is 5.26 Å². The normalized spacial score (nSPS) is 26.9. The molecule has 0 heterocycles. The number of rotatable bonds is 4. The van der Waals surface area contributed by atoms with E-state index in [1.54, 1.807) is 0 Å². The van der Waals surface area contributed by atoms with Gasteiger partial charge in [0.2, 0.25) is 0 Å². The monoisotopic (exact) mass is 275 g/mol. The zero-order valence-electron chi connectivity index (χ0n) is 11.7. The molecule has 0 atom stereocenters. The molecule has 2 rings (SSSR count). The Morgan fingerprint density at radius 2 is 1.89 bits per heavy atom. The molecule has 1 fully saturated rings. The fourth-order valence-corrected chi connectivity index (χ4v) is 3.37. The minimum Gasteiger partial charge on any atom is -0.198 e. The summed E-state index contributed by atoms with van der Waals surface area (Å²) in [6.45, 7) is 2.25. The summed E-state index contributed by atoms with van der Waals surface area (Å²) in [6.07, 6.45) is 8.00. The number of benzene rings is 1. The van der Waals surface area contributed by atoms with Crippen molar-refractivity contribution in [2.45, 2.75) is 51.9 Å². The van der Waals surface area contributed by atoms with Gasteiger partial charge in [0.15, 0.2) is 0 Å². The van der Waals surface area contributed by atoms with Crippen LogP contribution < -0.4 is 0 Å². The summed E-state index contributed by atoms with van der Waals surface area (Å²) in [6, 6.07) is 10.6. The summed E-state index contributed by atoms with van der Waals surface area (Å²) >= 11 is 5.91. The van der Waals surface area contributed by atoms with Gasteiger partial charge in [0.05, 0.1) is 11.5 Å². The molecule has 0 saturated heterocycles. The molecule has 1 saturated carbocycles. The summed E-state index contributed by atoms with van der Waals surface area (Å²) in [4.78, 5) is 0. The Kier molecular flexibility index (Phi) is 4.88. The van der Waals surface area contributed by atoms with Crippen molar-refractivity contribution in [1.82, 2.24) is 0 Å². The third-order valence-corrected chi connectivity index (χ3v) is 4.70. The van der Waals surface area contributed by atoms with Crippen molar-refractivity contribution in [3.8, 4) is 6.07 Å². The molecule has 1 aliphatic carbocycles. The summed E-state index contributed by atoms with van der Waals surface area (Å²) in [7, 11) is 0. The lowest BCUT2D eigenvalue weighted by Crippen LogP contribution is -2.28. The van der Waals surface area contributed by atoms with Crippen LogP contribution in [0, 0.1) is 22.7 Å². The van der Waals surface area contributed by atoms with Crippen molar-refractivity contribution in [3.05, 3.63) is 34.9 Å². The van der Waals surface area contributed by atoms with Crippen molar-refractivity contribution >= 4 is 11.6 Å². The summed E-state index contributed by atoms with van der Waals surface area (Å²) < 4.78 is 0. The second kappa shape index (κ2) is 6.44. The van der Waals surface area contributed by atoms with Gasteiger partial charge in [-0.3, -0.25) is 0 Å². The second-order valence-electron chi connectivity index (χ2n) is 5.93. The van der Waals surface area contributed by atoms with E-state index in [4.69, 9.17) is 11.6 Å². The quantitative estimate of drug-likeness (QED) is 0.723. The standard InChI is InChI=1S/C17H22ClN/c1-2-3-14-8-10-17(13-19,11-9-14)12-15-4-6-16(18)7-5-15/h4-7,14H,2-3,8-12H2,1H3. The van der Waals surface area contributed by atoms with Gasteiger partial charge in [-0.15, -0.1) is 0 Å². The molecule has 0 N–H and O–H groups in total. The Hall–Kier alpha value is -1.00. The van der Waals surface area contributed by atoms with E-state index in [0.29, 0.717) is 0 Å². The van der Waals surface area contributed by atoms with Crippen LogP contribution in [0.1, 0.15) is 51.0 Å². The third kappa shape index (κ3) is 3.74. The fraction of sp³-hybridized carbons (Fsp3) is 0.588. The zero-order valence-corrected chi connectivity index (χ0v) is 12.4. The smallest absolute Gasteiger partial charge is 0.0693 e. The van der Waals surface area contributed by atoms with Crippen molar-refractivity contribution in [1.29, 1.82) is 5.26 Å². The lowest BCUT2D eigenvalue weighted by molar-refractivity contribution is 0.201. The van der Waals surface area contributed by atoms with Crippen LogP contribution in [0.4, 0.5) is 0 Å². The Morgan fingerprint density at radius 3 is 2.42 bits per heavy atom. The van der Waals surface area contributed by atoms with Crippen LogP contribution in [-0.4, -0.2) is 0 Å². The molecule has 0 unspecified atom stereocenters. The Balaban J connectivity index is 2.01. The molecular formula is C17H22ClN. The lowest BCUT2D eigenvalue weighted by Gasteiger charge is -2.35. The summed E-state index contributed by atoms with van der Waals surface area (Å²) in [5.74, 6) is 0.844. The van der Waals surface area contributed by atoms with Crippen molar-refractivity contribution in [2.75, 3.05) is 0 Å². The highest BCUT2D eigenvalue weighted by Crippen LogP contribution is 2.42. The van der Waals surface area contributed by atoms with Crippen LogP contribution in [0.15, 0.2) is 24.3 Å². The first-order chi connectivity index (χ1) is 9.17. The predicted molar refractivity (Wildman–Crippen MR) is 80.1 cm³/mol. The molecule has 0 radical (unpaired) electrons. The van der Waals surface area contributed by atoms with Crippen molar-refractivity contribution in [2.24, 2.45) is 11.3 Å². The van der Waals surface area contributed by atoms with Gasteiger partial charge in [-0.05, 0) is 55.7 Å². The molecule has 19 heavy (non-hydrogen) atoms. The average Bonchev–Trinajstić information content (AvgIpc) is 2.44. The lowest BCUT2D eigenvalue weighted by atomic mass is 9.67. The molecule has 1 aromatic carbocycles. The summed E-state index contributed by atoms with van der Waals surface area (Å²) in [5, 5.41) is 10.4. The zero-order chi connectivity index (χ0) is 13.7. The third-order valence-electron chi connectivity index (χ3n) is 4.45. The second-order valence-corrected chi connectivity index (χ2v) is 6.36. The highest BCUT2D eigenvalue weighted by atomic mass is 35.5. The average molecular weight is 276 g/mol. The maximum atomic E-state index is 9.60. The van der Waals surface area contributed by atoms with E-state index in [1.165, 1.54) is 31.2 Å². The number of hydrogen-bond donors (Lipinski definition) is 0. The molecule has 1 aromatic rings. The van der Waals surface area contributed by atoms with E-state index >= 15 is 0 Å². The molecule has 1 aliphatic rings. The molecule has 0 amide bonds. The molecule has 0 aromatic heterocycles. The van der Waals surface area contributed by atoms with Crippen molar-refractivity contribution < 1.29 is 0 Å². The highest BCUT2D eigenvalue weighted by molar-refractivity contribution is 6.30. The van der Waals surface area contributed by atoms with E-state index in [1.807, 2.05) is 12.1 Å². The Bertz CT molecular complexity index is 435. The van der Waals surface area contributed by atoms with Crippen LogP contribution in [0.5, 0.6) is 0 Å². The van der Waals surface area contributed by atoms with Gasteiger partial charge in [-0.25, -0.2) is 0 Å². The van der Waals surface area contributed by atoms with Crippen LogP contribution in [-0.2, 0) is 6.42 Å². The van der Waals surface area contributed by atoms with Gasteiger partial charge < -0.3 is 0 Å². The van der Waals surface area contributed by atoms with Crippen LogP contribution >= 0.6 is 11.6 Å². The minimum absolute atomic E-state index is 0.141. The molecule has 0 aliphatic heterocycles. The highest BCUT2D eigenvalue weighted by Gasteiger charge is 2.35. The van der Waals surface area contributed by atoms with Crippen LogP contribution in [0.3, 0.4) is 0 Å². The van der Waals surface area contributed by atoms with Gasteiger partial charge in [0.1, 0.15) is 0 Å². The largest absolute Gasteiger partial charge is 0.198 e. The number of halogens is 1. The maximum Gasteiger partial charge on any atom is 0.0693 e. The van der Waals surface area contributed by atoms with E-state index in [2.05, 4.69) is 25.1 Å². The van der Waals surface area contributed by atoms with E-state index in [0.717, 1.165) is 30.2 Å². The SMILES string of the molecule is CCCC1CCC(C#N)(Cc2ccc(Cl)cc2)CC1. The molecule has 0 spiro atoms. The fourth-order valence-electron chi connectivity index (χ4n) is 3.25. The number of nitrogens with zero attached hydrogens (tertiary/aromatic N) is 1. The topological polar surface area (TPSA) is 23.8 Å². The van der Waals surface area contributed by atoms with Gasteiger partial charge in [-0.1, -0.05) is 43.5 Å². The first-order valence-electron chi connectivity index (χ1n) is 7.33.